The van der Waals surface area contributed by atoms with Crippen molar-refractivity contribution in [1.29, 1.82) is 0 Å². The Morgan fingerprint density at radius 2 is 1.70 bits per heavy atom. The van der Waals surface area contributed by atoms with Gasteiger partial charge in [-0.1, -0.05) is 65.9 Å². The lowest BCUT2D eigenvalue weighted by Crippen LogP contribution is -2.42. The summed E-state index contributed by atoms with van der Waals surface area (Å²) in [7, 11) is 0. The molecular weight excluding hydrogens is 478 g/mol. The molecule has 1 aliphatic heterocycles. The summed E-state index contributed by atoms with van der Waals surface area (Å²) in [6.45, 7) is 5.01. The molecule has 3 aromatic carbocycles. The maximum atomic E-state index is 13.2. The molecule has 0 spiro atoms. The van der Waals surface area contributed by atoms with E-state index in [0.717, 1.165) is 70.5 Å². The topological polar surface area (TPSA) is 70.2 Å². The summed E-state index contributed by atoms with van der Waals surface area (Å²) in [6, 6.07) is 27.7. The minimum Gasteiger partial charge on any atom is -0.321 e. The number of thiazole rings is 1. The Balaban J connectivity index is 1.24. The Morgan fingerprint density at radius 3 is 2.57 bits per heavy atom. The van der Waals surface area contributed by atoms with Gasteiger partial charge in [-0.3, -0.25) is 9.69 Å². The van der Waals surface area contributed by atoms with E-state index in [1.165, 1.54) is 5.56 Å². The van der Waals surface area contributed by atoms with Gasteiger partial charge < -0.3 is 10.6 Å². The Hall–Kier alpha value is -3.91. The van der Waals surface area contributed by atoms with E-state index >= 15 is 0 Å². The molecule has 0 atom stereocenters. The number of aromatic nitrogens is 2. The third-order valence-electron chi connectivity index (χ3n) is 6.56. The Bertz CT molecular complexity index is 1540. The highest BCUT2D eigenvalue weighted by molar-refractivity contribution is 7.21. The number of carbonyl (C=O) groups excluding carboxylic acids is 1. The zero-order chi connectivity index (χ0) is 25.0. The average molecular weight is 506 g/mol. The van der Waals surface area contributed by atoms with Crippen LogP contribution in [-0.2, 0) is 6.54 Å². The maximum Gasteiger partial charge on any atom is 0.255 e. The normalized spacial score (nSPS) is 14.1. The summed E-state index contributed by atoms with van der Waals surface area (Å²) in [5.74, 6) is -0.150. The number of pyridine rings is 1. The molecule has 37 heavy (non-hydrogen) atoms. The molecule has 0 bridgehead atoms. The highest BCUT2D eigenvalue weighted by Gasteiger charge is 2.16. The molecule has 5 aromatic rings. The summed E-state index contributed by atoms with van der Waals surface area (Å²) in [5.41, 5.74) is 6.39. The highest BCUT2D eigenvalue weighted by Crippen LogP contribution is 2.34. The lowest BCUT2D eigenvalue weighted by molar-refractivity contribution is 0.102. The van der Waals surface area contributed by atoms with Gasteiger partial charge in [-0.2, -0.15) is 0 Å². The van der Waals surface area contributed by atoms with Gasteiger partial charge >= 0.3 is 0 Å². The number of piperazine rings is 1. The summed E-state index contributed by atoms with van der Waals surface area (Å²) >= 11 is 1.54. The third-order valence-corrected chi connectivity index (χ3v) is 7.57. The molecule has 1 fully saturated rings. The van der Waals surface area contributed by atoms with Crippen LogP contribution < -0.4 is 10.6 Å². The number of para-hydroxylation sites is 1. The molecule has 0 radical (unpaired) electrons. The average Bonchev–Trinajstić information content (AvgIpc) is 3.38. The fourth-order valence-corrected chi connectivity index (χ4v) is 5.57. The lowest BCUT2D eigenvalue weighted by Gasteiger charge is -2.26. The first-order chi connectivity index (χ1) is 18.2. The minimum atomic E-state index is -0.150. The van der Waals surface area contributed by atoms with E-state index in [1.807, 2.05) is 85.1 Å². The molecule has 184 valence electrons. The smallest absolute Gasteiger partial charge is 0.255 e. The van der Waals surface area contributed by atoms with Gasteiger partial charge in [0.05, 0.1) is 5.69 Å². The molecule has 6 nitrogen and oxygen atoms in total. The number of rotatable bonds is 6. The van der Waals surface area contributed by atoms with Gasteiger partial charge in [-0.15, -0.1) is 0 Å². The second kappa shape index (κ2) is 10.6. The Morgan fingerprint density at radius 1 is 0.919 bits per heavy atom. The number of hydrogen-bond acceptors (Lipinski definition) is 6. The van der Waals surface area contributed by atoms with Crippen molar-refractivity contribution < 1.29 is 4.79 Å². The highest BCUT2D eigenvalue weighted by atomic mass is 32.1. The predicted octanol–water partition coefficient (Wildman–Crippen LogP) is 5.68. The molecule has 2 N–H and O–H groups in total. The van der Waals surface area contributed by atoms with Crippen LogP contribution >= 0.6 is 11.3 Å². The standard InChI is InChI=1S/C30H27N5OS/c36-28(24-10-6-9-23(18-24)22-7-2-1-3-8-22)33-26-12-5-4-11-25(26)29-34-27-17-21(19-32-30(27)37-29)20-35-15-13-31-14-16-35/h1-12,17-19,31H,13-16,20H2,(H,33,36). The summed E-state index contributed by atoms with van der Waals surface area (Å²) in [6.07, 6.45) is 1.96. The molecule has 1 aliphatic rings. The summed E-state index contributed by atoms with van der Waals surface area (Å²) < 4.78 is 0. The molecule has 2 aromatic heterocycles. The largest absolute Gasteiger partial charge is 0.321 e. The zero-order valence-electron chi connectivity index (χ0n) is 20.4. The maximum absolute atomic E-state index is 13.2. The van der Waals surface area contributed by atoms with Crippen LogP contribution in [0, 0.1) is 0 Å². The van der Waals surface area contributed by atoms with Gasteiger partial charge in [0, 0.05) is 50.0 Å². The van der Waals surface area contributed by atoms with Crippen molar-refractivity contribution in [1.82, 2.24) is 20.2 Å². The van der Waals surface area contributed by atoms with E-state index in [0.29, 0.717) is 5.56 Å². The molecule has 6 rings (SSSR count). The van der Waals surface area contributed by atoms with Crippen molar-refractivity contribution in [2.75, 3.05) is 31.5 Å². The van der Waals surface area contributed by atoms with Crippen molar-refractivity contribution in [2.45, 2.75) is 6.54 Å². The van der Waals surface area contributed by atoms with Crippen molar-refractivity contribution in [3.8, 4) is 21.7 Å². The fourth-order valence-electron chi connectivity index (χ4n) is 4.64. The summed E-state index contributed by atoms with van der Waals surface area (Å²) in [4.78, 5) is 26.2. The van der Waals surface area contributed by atoms with Crippen molar-refractivity contribution >= 4 is 33.3 Å². The first kappa shape index (κ1) is 23.5. The number of anilines is 1. The van der Waals surface area contributed by atoms with Crippen LogP contribution in [0.1, 0.15) is 15.9 Å². The van der Waals surface area contributed by atoms with Crippen LogP contribution in [0.3, 0.4) is 0 Å². The van der Waals surface area contributed by atoms with E-state index < -0.39 is 0 Å². The van der Waals surface area contributed by atoms with E-state index in [2.05, 4.69) is 21.6 Å². The number of carbonyl (C=O) groups is 1. The fraction of sp³-hybridized carbons (Fsp3) is 0.167. The molecule has 1 amide bonds. The van der Waals surface area contributed by atoms with Crippen LogP contribution in [0.25, 0.3) is 32.0 Å². The summed E-state index contributed by atoms with van der Waals surface area (Å²) in [5, 5.41) is 7.34. The van der Waals surface area contributed by atoms with E-state index in [9.17, 15) is 4.79 Å². The van der Waals surface area contributed by atoms with Gasteiger partial charge in [0.2, 0.25) is 0 Å². The second-order valence-electron chi connectivity index (χ2n) is 9.16. The molecule has 3 heterocycles. The Kier molecular flexibility index (Phi) is 6.73. The molecular formula is C30H27N5OS. The minimum absolute atomic E-state index is 0.150. The number of benzene rings is 3. The van der Waals surface area contributed by atoms with Gasteiger partial charge in [0.1, 0.15) is 15.4 Å². The number of fused-ring (bicyclic) bond motifs is 1. The van der Waals surface area contributed by atoms with Crippen LogP contribution in [0.5, 0.6) is 0 Å². The zero-order valence-corrected chi connectivity index (χ0v) is 21.2. The van der Waals surface area contributed by atoms with E-state index in [4.69, 9.17) is 9.97 Å². The van der Waals surface area contributed by atoms with Gasteiger partial charge in [-0.25, -0.2) is 9.97 Å². The molecule has 0 saturated carbocycles. The van der Waals surface area contributed by atoms with Gasteiger partial charge in [0.25, 0.3) is 5.91 Å². The van der Waals surface area contributed by atoms with Crippen molar-refractivity contribution in [3.05, 3.63) is 102 Å². The number of hydrogen-bond donors (Lipinski definition) is 2. The number of amides is 1. The monoisotopic (exact) mass is 505 g/mol. The first-order valence-corrected chi connectivity index (χ1v) is 13.3. The van der Waals surface area contributed by atoms with Crippen LogP contribution in [0.15, 0.2) is 91.1 Å². The van der Waals surface area contributed by atoms with Crippen molar-refractivity contribution in [3.63, 3.8) is 0 Å². The molecule has 7 heteroatoms. The molecule has 0 aliphatic carbocycles. The first-order valence-electron chi connectivity index (χ1n) is 12.5. The SMILES string of the molecule is O=C(Nc1ccccc1-c1nc2cc(CN3CCNCC3)cnc2s1)c1cccc(-c2ccccc2)c1. The molecule has 1 saturated heterocycles. The van der Waals surface area contributed by atoms with Gasteiger partial charge in [0.15, 0.2) is 0 Å². The van der Waals surface area contributed by atoms with Crippen LogP contribution in [-0.4, -0.2) is 47.0 Å². The van der Waals surface area contributed by atoms with Gasteiger partial charge in [-0.05, 0) is 47.0 Å². The molecule has 0 unspecified atom stereocenters. The van der Waals surface area contributed by atoms with Crippen LogP contribution in [0.4, 0.5) is 5.69 Å². The number of nitrogens with zero attached hydrogens (tertiary/aromatic N) is 3. The van der Waals surface area contributed by atoms with Crippen molar-refractivity contribution in [2.24, 2.45) is 0 Å². The predicted molar refractivity (Wildman–Crippen MR) is 151 cm³/mol. The lowest BCUT2D eigenvalue weighted by atomic mass is 10.0. The van der Waals surface area contributed by atoms with E-state index in [1.54, 1.807) is 11.3 Å². The third kappa shape index (κ3) is 5.29. The quantitative estimate of drug-likeness (QED) is 0.311. The van der Waals surface area contributed by atoms with Crippen LogP contribution in [0.2, 0.25) is 0 Å². The number of nitrogens with one attached hydrogen (secondary N) is 2. The Labute approximate surface area is 220 Å². The van der Waals surface area contributed by atoms with E-state index in [-0.39, 0.29) is 5.91 Å². The second-order valence-corrected chi connectivity index (χ2v) is 10.1.